The number of hydrogen-bond acceptors (Lipinski definition) is 4. The maximum atomic E-state index is 12.0. The van der Waals surface area contributed by atoms with E-state index >= 15 is 0 Å². The monoisotopic (exact) mass is 308 g/mol. The highest BCUT2D eigenvalue weighted by molar-refractivity contribution is 5.89. The molecular weight excluding hydrogens is 292 g/mol. The number of rotatable bonds is 4. The Kier molecular flexibility index (Phi) is 4.33. The molecule has 2 aromatic carbocycles. The molecule has 0 fully saturated rings. The van der Waals surface area contributed by atoms with Gasteiger partial charge in [0.15, 0.2) is 5.82 Å². The van der Waals surface area contributed by atoms with Crippen LogP contribution in [0.15, 0.2) is 59.1 Å². The van der Waals surface area contributed by atoms with Crippen LogP contribution in [0.3, 0.4) is 0 Å². The van der Waals surface area contributed by atoms with Crippen molar-refractivity contribution in [3.8, 4) is 11.5 Å². The maximum Gasteiger partial charge on any atom is 0.319 e. The van der Waals surface area contributed by atoms with Crippen molar-refractivity contribution in [1.82, 2.24) is 15.5 Å². The number of carbonyl (C=O) groups excluding carboxylic acids is 1. The summed E-state index contributed by atoms with van der Waals surface area (Å²) in [4.78, 5) is 16.1. The molecule has 0 radical (unpaired) electrons. The van der Waals surface area contributed by atoms with Crippen LogP contribution >= 0.6 is 0 Å². The van der Waals surface area contributed by atoms with E-state index in [1.807, 2.05) is 42.5 Å². The van der Waals surface area contributed by atoms with Crippen LogP contribution in [0.1, 0.15) is 11.4 Å². The molecule has 23 heavy (non-hydrogen) atoms. The smallest absolute Gasteiger partial charge is 0.319 e. The second-order valence-corrected chi connectivity index (χ2v) is 5.02. The zero-order valence-corrected chi connectivity index (χ0v) is 12.6. The van der Waals surface area contributed by atoms with Crippen LogP contribution in [-0.4, -0.2) is 16.2 Å². The average Bonchev–Trinajstić information content (AvgIpc) is 3.01. The van der Waals surface area contributed by atoms with Crippen molar-refractivity contribution >= 4 is 11.7 Å². The van der Waals surface area contributed by atoms with Crippen LogP contribution in [0.4, 0.5) is 10.5 Å². The highest BCUT2D eigenvalue weighted by Gasteiger charge is 2.08. The van der Waals surface area contributed by atoms with Gasteiger partial charge in [-0.05, 0) is 30.7 Å². The first kappa shape index (κ1) is 14.8. The molecule has 0 unspecified atom stereocenters. The fraction of sp³-hybridized carbons (Fsp3) is 0.118. The molecule has 1 aromatic heterocycles. The summed E-state index contributed by atoms with van der Waals surface area (Å²) in [5.41, 5.74) is 2.45. The Morgan fingerprint density at radius 2 is 1.96 bits per heavy atom. The molecule has 116 valence electrons. The molecule has 1 heterocycles. The molecule has 6 nitrogen and oxygen atoms in total. The van der Waals surface area contributed by atoms with E-state index in [9.17, 15) is 4.79 Å². The van der Waals surface area contributed by atoms with Crippen LogP contribution in [0.2, 0.25) is 0 Å². The van der Waals surface area contributed by atoms with E-state index in [0.29, 0.717) is 23.9 Å². The Bertz CT molecular complexity index is 799. The summed E-state index contributed by atoms with van der Waals surface area (Å²) in [6.07, 6.45) is 0. The number of benzene rings is 2. The van der Waals surface area contributed by atoms with Gasteiger partial charge in [-0.3, -0.25) is 0 Å². The predicted octanol–water partition coefficient (Wildman–Crippen LogP) is 3.37. The van der Waals surface area contributed by atoms with Gasteiger partial charge in [0.25, 0.3) is 5.89 Å². The SMILES string of the molecule is Cc1noc(-c2cccc(NC(=O)NCc3ccccc3)c2)n1. The van der Waals surface area contributed by atoms with Gasteiger partial charge in [0.05, 0.1) is 0 Å². The van der Waals surface area contributed by atoms with Gasteiger partial charge in [-0.1, -0.05) is 41.6 Å². The summed E-state index contributed by atoms with van der Waals surface area (Å²) in [5.74, 6) is 0.995. The second-order valence-electron chi connectivity index (χ2n) is 5.02. The van der Waals surface area contributed by atoms with Gasteiger partial charge in [-0.25, -0.2) is 4.79 Å². The lowest BCUT2D eigenvalue weighted by atomic mass is 10.2. The van der Waals surface area contributed by atoms with Crippen molar-refractivity contribution in [2.24, 2.45) is 0 Å². The molecule has 6 heteroatoms. The van der Waals surface area contributed by atoms with Crippen LogP contribution in [-0.2, 0) is 6.54 Å². The minimum absolute atomic E-state index is 0.271. The van der Waals surface area contributed by atoms with E-state index < -0.39 is 0 Å². The fourth-order valence-electron chi connectivity index (χ4n) is 2.10. The molecule has 0 aliphatic carbocycles. The van der Waals surface area contributed by atoms with E-state index in [1.165, 1.54) is 0 Å². The summed E-state index contributed by atoms with van der Waals surface area (Å²) < 4.78 is 5.13. The van der Waals surface area contributed by atoms with Crippen LogP contribution in [0, 0.1) is 6.92 Å². The number of hydrogen-bond donors (Lipinski definition) is 2. The number of amides is 2. The van der Waals surface area contributed by atoms with E-state index in [0.717, 1.165) is 11.1 Å². The molecule has 0 aliphatic rings. The number of nitrogens with one attached hydrogen (secondary N) is 2. The van der Waals surface area contributed by atoms with E-state index in [1.54, 1.807) is 19.1 Å². The molecule has 0 aliphatic heterocycles. The molecule has 2 amide bonds. The van der Waals surface area contributed by atoms with Crippen molar-refractivity contribution in [1.29, 1.82) is 0 Å². The topological polar surface area (TPSA) is 80.0 Å². The normalized spacial score (nSPS) is 10.3. The molecular formula is C17H16N4O2. The zero-order chi connectivity index (χ0) is 16.1. The number of aryl methyl sites for hydroxylation is 1. The van der Waals surface area contributed by atoms with Gasteiger partial charge >= 0.3 is 6.03 Å². The molecule has 0 spiro atoms. The first-order valence-electron chi connectivity index (χ1n) is 7.20. The van der Waals surface area contributed by atoms with E-state index in [4.69, 9.17) is 4.52 Å². The molecule has 3 rings (SSSR count). The Labute approximate surface area is 133 Å². The highest BCUT2D eigenvalue weighted by Crippen LogP contribution is 2.20. The third-order valence-electron chi connectivity index (χ3n) is 3.19. The van der Waals surface area contributed by atoms with Crippen molar-refractivity contribution < 1.29 is 9.32 Å². The first-order chi connectivity index (χ1) is 11.2. The molecule has 3 aromatic rings. The Balaban J connectivity index is 1.62. The average molecular weight is 308 g/mol. The first-order valence-corrected chi connectivity index (χ1v) is 7.20. The lowest BCUT2D eigenvalue weighted by molar-refractivity contribution is 0.251. The Hall–Kier alpha value is -3.15. The number of aromatic nitrogens is 2. The summed E-state index contributed by atoms with van der Waals surface area (Å²) in [6.45, 7) is 2.22. The summed E-state index contributed by atoms with van der Waals surface area (Å²) in [5, 5.41) is 9.36. The molecule has 0 saturated carbocycles. The fourth-order valence-corrected chi connectivity index (χ4v) is 2.10. The minimum Gasteiger partial charge on any atom is -0.334 e. The zero-order valence-electron chi connectivity index (χ0n) is 12.6. The number of urea groups is 1. The third-order valence-corrected chi connectivity index (χ3v) is 3.19. The van der Waals surface area contributed by atoms with Crippen LogP contribution in [0.5, 0.6) is 0 Å². The highest BCUT2D eigenvalue weighted by atomic mass is 16.5. The molecule has 0 bridgehead atoms. The van der Waals surface area contributed by atoms with Crippen molar-refractivity contribution in [2.75, 3.05) is 5.32 Å². The van der Waals surface area contributed by atoms with Crippen LogP contribution in [0.25, 0.3) is 11.5 Å². The summed E-state index contributed by atoms with van der Waals surface area (Å²) in [6, 6.07) is 16.7. The van der Waals surface area contributed by atoms with Crippen molar-refractivity contribution in [3.05, 3.63) is 66.0 Å². The standard InChI is InChI=1S/C17H16N4O2/c1-12-19-16(23-21-12)14-8-5-9-15(10-14)20-17(22)18-11-13-6-3-2-4-7-13/h2-10H,11H2,1H3,(H2,18,20,22). The molecule has 0 atom stereocenters. The summed E-state index contributed by atoms with van der Waals surface area (Å²) >= 11 is 0. The van der Waals surface area contributed by atoms with Gasteiger partial charge in [0.1, 0.15) is 0 Å². The number of anilines is 1. The Morgan fingerprint density at radius 3 is 2.70 bits per heavy atom. The van der Waals surface area contributed by atoms with Crippen molar-refractivity contribution in [2.45, 2.75) is 13.5 Å². The van der Waals surface area contributed by atoms with E-state index in [-0.39, 0.29) is 6.03 Å². The second kappa shape index (κ2) is 6.74. The van der Waals surface area contributed by atoms with Gasteiger partial charge in [-0.2, -0.15) is 4.98 Å². The summed E-state index contributed by atoms with van der Waals surface area (Å²) in [7, 11) is 0. The van der Waals surface area contributed by atoms with Gasteiger partial charge < -0.3 is 15.2 Å². The lowest BCUT2D eigenvalue weighted by Gasteiger charge is -2.08. The van der Waals surface area contributed by atoms with Gasteiger partial charge in [-0.15, -0.1) is 0 Å². The number of carbonyl (C=O) groups is 1. The van der Waals surface area contributed by atoms with Gasteiger partial charge in [0, 0.05) is 17.8 Å². The van der Waals surface area contributed by atoms with Crippen molar-refractivity contribution in [3.63, 3.8) is 0 Å². The number of nitrogens with zero attached hydrogens (tertiary/aromatic N) is 2. The largest absolute Gasteiger partial charge is 0.334 e. The molecule has 2 N–H and O–H groups in total. The van der Waals surface area contributed by atoms with Gasteiger partial charge in [0.2, 0.25) is 0 Å². The molecule has 0 saturated heterocycles. The maximum absolute atomic E-state index is 12.0. The van der Waals surface area contributed by atoms with Crippen LogP contribution < -0.4 is 10.6 Å². The Morgan fingerprint density at radius 1 is 1.13 bits per heavy atom. The minimum atomic E-state index is -0.271. The lowest BCUT2D eigenvalue weighted by Crippen LogP contribution is -2.28. The quantitative estimate of drug-likeness (QED) is 0.774. The van der Waals surface area contributed by atoms with E-state index in [2.05, 4.69) is 20.8 Å². The predicted molar refractivity (Wildman–Crippen MR) is 86.8 cm³/mol. The third kappa shape index (κ3) is 3.94.